The Hall–Kier alpha value is -2.76. The standard InChI is InChI=1S/C23H29N3O3/c27-22(24-16-21-4-3-15-29-21)17-5-7-18(8-6-17)23(28)25-19-9-11-20(12-10-19)26-13-1-2-14-26/h3-4,9-12,15,17-18H,1-2,5-8,13-14,16H2,(H,24,27)(H,25,28). The van der Waals surface area contributed by atoms with Crippen LogP contribution < -0.4 is 15.5 Å². The highest BCUT2D eigenvalue weighted by atomic mass is 16.3. The van der Waals surface area contributed by atoms with Crippen LogP contribution in [0.3, 0.4) is 0 Å². The molecule has 1 aliphatic carbocycles. The number of nitrogens with zero attached hydrogens (tertiary/aromatic N) is 1. The van der Waals surface area contributed by atoms with Gasteiger partial charge < -0.3 is 20.0 Å². The van der Waals surface area contributed by atoms with E-state index < -0.39 is 0 Å². The number of rotatable bonds is 6. The minimum Gasteiger partial charge on any atom is -0.467 e. The van der Waals surface area contributed by atoms with Crippen LogP contribution in [0.4, 0.5) is 11.4 Å². The Labute approximate surface area is 171 Å². The Morgan fingerprint density at radius 2 is 1.59 bits per heavy atom. The first-order valence-electron chi connectivity index (χ1n) is 10.6. The van der Waals surface area contributed by atoms with Crippen LogP contribution in [0.2, 0.25) is 0 Å². The summed E-state index contributed by atoms with van der Waals surface area (Å²) >= 11 is 0. The van der Waals surface area contributed by atoms with Crippen molar-refractivity contribution >= 4 is 23.2 Å². The fraction of sp³-hybridized carbons (Fsp3) is 0.478. The first kappa shape index (κ1) is 19.6. The zero-order valence-corrected chi connectivity index (χ0v) is 16.7. The monoisotopic (exact) mass is 395 g/mol. The molecule has 1 aromatic carbocycles. The molecule has 6 heteroatoms. The quantitative estimate of drug-likeness (QED) is 0.777. The molecule has 4 rings (SSSR count). The van der Waals surface area contributed by atoms with Gasteiger partial charge in [-0.25, -0.2) is 0 Å². The smallest absolute Gasteiger partial charge is 0.227 e. The van der Waals surface area contributed by atoms with Crippen molar-refractivity contribution in [3.63, 3.8) is 0 Å². The summed E-state index contributed by atoms with van der Waals surface area (Å²) in [6.45, 7) is 2.65. The average molecular weight is 396 g/mol. The Morgan fingerprint density at radius 3 is 2.21 bits per heavy atom. The van der Waals surface area contributed by atoms with Crippen LogP contribution in [-0.2, 0) is 16.1 Å². The van der Waals surface area contributed by atoms with E-state index in [1.54, 1.807) is 6.26 Å². The van der Waals surface area contributed by atoms with Crippen LogP contribution >= 0.6 is 0 Å². The summed E-state index contributed by atoms with van der Waals surface area (Å²) in [6, 6.07) is 11.8. The number of carbonyl (C=O) groups excluding carboxylic acids is 2. The van der Waals surface area contributed by atoms with Gasteiger partial charge in [0.2, 0.25) is 11.8 Å². The molecule has 154 valence electrons. The highest BCUT2D eigenvalue weighted by molar-refractivity contribution is 5.93. The molecule has 0 bridgehead atoms. The first-order chi connectivity index (χ1) is 14.2. The zero-order chi connectivity index (χ0) is 20.1. The number of benzene rings is 1. The number of hydrogen-bond donors (Lipinski definition) is 2. The van der Waals surface area contributed by atoms with Crippen molar-refractivity contribution in [2.24, 2.45) is 11.8 Å². The molecule has 2 heterocycles. The summed E-state index contributed by atoms with van der Waals surface area (Å²) in [6.07, 6.45) is 7.09. The molecular formula is C23H29N3O3. The fourth-order valence-corrected chi connectivity index (χ4v) is 4.32. The second-order valence-corrected chi connectivity index (χ2v) is 8.08. The third-order valence-electron chi connectivity index (χ3n) is 6.09. The largest absolute Gasteiger partial charge is 0.467 e. The molecule has 6 nitrogen and oxygen atoms in total. The van der Waals surface area contributed by atoms with Gasteiger partial charge in [-0.3, -0.25) is 9.59 Å². The number of furan rings is 1. The van der Waals surface area contributed by atoms with Gasteiger partial charge >= 0.3 is 0 Å². The van der Waals surface area contributed by atoms with Crippen LogP contribution in [0.5, 0.6) is 0 Å². The molecule has 1 saturated carbocycles. The second kappa shape index (κ2) is 9.16. The lowest BCUT2D eigenvalue weighted by Crippen LogP contribution is -2.35. The molecule has 0 atom stereocenters. The number of nitrogens with one attached hydrogen (secondary N) is 2. The van der Waals surface area contributed by atoms with Crippen LogP contribution in [0.1, 0.15) is 44.3 Å². The Bertz CT molecular complexity index is 802. The molecule has 1 aliphatic heterocycles. The van der Waals surface area contributed by atoms with E-state index in [1.165, 1.54) is 18.5 Å². The Kier molecular flexibility index (Phi) is 6.17. The molecule has 0 unspecified atom stereocenters. The highest BCUT2D eigenvalue weighted by Gasteiger charge is 2.30. The first-order valence-corrected chi connectivity index (χ1v) is 10.6. The fourth-order valence-electron chi connectivity index (χ4n) is 4.32. The van der Waals surface area contributed by atoms with E-state index in [2.05, 4.69) is 27.7 Å². The molecule has 1 aromatic heterocycles. The maximum atomic E-state index is 12.6. The average Bonchev–Trinajstić information content (AvgIpc) is 3.47. The minimum atomic E-state index is -0.0256. The molecule has 2 aromatic rings. The SMILES string of the molecule is O=C(NCc1ccco1)C1CCC(C(=O)Nc2ccc(N3CCCC3)cc2)CC1. The summed E-state index contributed by atoms with van der Waals surface area (Å²) in [5, 5.41) is 5.98. The van der Waals surface area contributed by atoms with Gasteiger partial charge in [-0.2, -0.15) is 0 Å². The third kappa shape index (κ3) is 5.00. The molecule has 1 saturated heterocycles. The van der Waals surface area contributed by atoms with Crippen LogP contribution in [0, 0.1) is 11.8 Å². The maximum absolute atomic E-state index is 12.6. The molecule has 2 aliphatic rings. The predicted molar refractivity (Wildman–Crippen MR) is 113 cm³/mol. The van der Waals surface area contributed by atoms with Crippen LogP contribution in [-0.4, -0.2) is 24.9 Å². The van der Waals surface area contributed by atoms with E-state index in [-0.39, 0.29) is 23.7 Å². The molecule has 0 spiro atoms. The van der Waals surface area contributed by atoms with Gasteiger partial charge in [0.05, 0.1) is 12.8 Å². The normalized spacial score (nSPS) is 21.7. The van der Waals surface area contributed by atoms with Gasteiger partial charge in [-0.15, -0.1) is 0 Å². The third-order valence-corrected chi connectivity index (χ3v) is 6.09. The van der Waals surface area contributed by atoms with E-state index in [9.17, 15) is 9.59 Å². The van der Waals surface area contributed by atoms with Crippen molar-refractivity contribution < 1.29 is 14.0 Å². The van der Waals surface area contributed by atoms with Gasteiger partial charge in [0.15, 0.2) is 0 Å². The lowest BCUT2D eigenvalue weighted by molar-refractivity contribution is -0.128. The molecule has 2 amide bonds. The van der Waals surface area contributed by atoms with E-state index in [4.69, 9.17) is 4.42 Å². The summed E-state index contributed by atoms with van der Waals surface area (Å²) in [7, 11) is 0. The summed E-state index contributed by atoms with van der Waals surface area (Å²) < 4.78 is 5.24. The van der Waals surface area contributed by atoms with Crippen molar-refractivity contribution in [1.82, 2.24) is 5.32 Å². The van der Waals surface area contributed by atoms with Gasteiger partial charge in [0.25, 0.3) is 0 Å². The maximum Gasteiger partial charge on any atom is 0.227 e. The van der Waals surface area contributed by atoms with Crippen molar-refractivity contribution in [2.75, 3.05) is 23.3 Å². The minimum absolute atomic E-state index is 0.0197. The predicted octanol–water partition coefficient (Wildman–Crippen LogP) is 3.94. The molecule has 0 radical (unpaired) electrons. The van der Waals surface area contributed by atoms with Gasteiger partial charge in [-0.1, -0.05) is 0 Å². The van der Waals surface area contributed by atoms with E-state index in [1.807, 2.05) is 24.3 Å². The number of amides is 2. The molecule has 2 fully saturated rings. The number of anilines is 2. The van der Waals surface area contributed by atoms with E-state index in [0.717, 1.165) is 50.2 Å². The number of carbonyl (C=O) groups is 2. The number of hydrogen-bond acceptors (Lipinski definition) is 4. The van der Waals surface area contributed by atoms with Gasteiger partial charge in [0, 0.05) is 36.3 Å². The van der Waals surface area contributed by atoms with Gasteiger partial charge in [0.1, 0.15) is 5.76 Å². The zero-order valence-electron chi connectivity index (χ0n) is 16.7. The molecule has 29 heavy (non-hydrogen) atoms. The van der Waals surface area contributed by atoms with Crippen molar-refractivity contribution in [3.05, 3.63) is 48.4 Å². The second-order valence-electron chi connectivity index (χ2n) is 8.08. The van der Waals surface area contributed by atoms with E-state index in [0.29, 0.717) is 6.54 Å². The van der Waals surface area contributed by atoms with Crippen LogP contribution in [0.25, 0.3) is 0 Å². The summed E-state index contributed by atoms with van der Waals surface area (Å²) in [4.78, 5) is 27.4. The molecular weight excluding hydrogens is 366 g/mol. The topological polar surface area (TPSA) is 74.6 Å². The van der Waals surface area contributed by atoms with Gasteiger partial charge in [-0.05, 0) is 74.9 Å². The summed E-state index contributed by atoms with van der Waals surface area (Å²) in [5.74, 6) is 0.824. The highest BCUT2D eigenvalue weighted by Crippen LogP contribution is 2.30. The Balaban J connectivity index is 1.22. The lowest BCUT2D eigenvalue weighted by atomic mass is 9.81. The Morgan fingerprint density at radius 1 is 0.931 bits per heavy atom. The van der Waals surface area contributed by atoms with E-state index >= 15 is 0 Å². The lowest BCUT2D eigenvalue weighted by Gasteiger charge is -2.27. The van der Waals surface area contributed by atoms with Crippen LogP contribution in [0.15, 0.2) is 47.1 Å². The summed E-state index contributed by atoms with van der Waals surface area (Å²) in [5.41, 5.74) is 2.07. The van der Waals surface area contributed by atoms with Crippen molar-refractivity contribution in [2.45, 2.75) is 45.1 Å². The van der Waals surface area contributed by atoms with Crippen molar-refractivity contribution in [1.29, 1.82) is 0 Å². The van der Waals surface area contributed by atoms with Crippen molar-refractivity contribution in [3.8, 4) is 0 Å². The molecule has 2 N–H and O–H groups in total.